The number of rotatable bonds is 6. The van der Waals surface area contributed by atoms with Crippen molar-refractivity contribution in [3.8, 4) is 0 Å². The summed E-state index contributed by atoms with van der Waals surface area (Å²) in [5.74, 6) is 1.90. The van der Waals surface area contributed by atoms with Gasteiger partial charge in [0.2, 0.25) is 0 Å². The van der Waals surface area contributed by atoms with E-state index in [1.165, 1.54) is 38.9 Å². The van der Waals surface area contributed by atoms with Crippen LogP contribution in [-0.4, -0.2) is 31.1 Å². The summed E-state index contributed by atoms with van der Waals surface area (Å²) in [6.45, 7) is 7.94. The highest BCUT2D eigenvalue weighted by Gasteiger charge is 2.17. The largest absolute Gasteiger partial charge is 0.468 e. The Balaban J connectivity index is 1.83. The van der Waals surface area contributed by atoms with Crippen LogP contribution < -0.4 is 5.32 Å². The molecule has 1 aromatic heterocycles. The van der Waals surface area contributed by atoms with Gasteiger partial charge in [-0.1, -0.05) is 6.92 Å². The molecule has 0 amide bonds. The quantitative estimate of drug-likeness (QED) is 0.822. The van der Waals surface area contributed by atoms with E-state index < -0.39 is 0 Å². The van der Waals surface area contributed by atoms with Crippen molar-refractivity contribution in [1.29, 1.82) is 0 Å². The highest BCUT2D eigenvalue weighted by atomic mass is 16.3. The van der Waals surface area contributed by atoms with Crippen molar-refractivity contribution in [2.24, 2.45) is 5.92 Å². The van der Waals surface area contributed by atoms with Gasteiger partial charge in [-0.3, -0.25) is 4.90 Å². The topological polar surface area (TPSA) is 28.4 Å². The Morgan fingerprint density at radius 3 is 3.12 bits per heavy atom. The molecule has 1 aliphatic rings. The maximum Gasteiger partial charge on any atom is 0.117 e. The molecule has 1 aliphatic heterocycles. The first-order valence-corrected chi connectivity index (χ1v) is 6.84. The van der Waals surface area contributed by atoms with Gasteiger partial charge in [-0.15, -0.1) is 0 Å². The predicted octanol–water partition coefficient (Wildman–Crippen LogP) is 2.49. The number of hydrogen-bond donors (Lipinski definition) is 1. The van der Waals surface area contributed by atoms with Gasteiger partial charge in [-0.2, -0.15) is 0 Å². The van der Waals surface area contributed by atoms with Crippen molar-refractivity contribution in [3.63, 3.8) is 0 Å². The van der Waals surface area contributed by atoms with E-state index in [2.05, 4.69) is 23.2 Å². The molecule has 0 radical (unpaired) electrons. The van der Waals surface area contributed by atoms with Crippen LogP contribution in [0.15, 0.2) is 22.8 Å². The van der Waals surface area contributed by atoms with Crippen LogP contribution in [0.1, 0.15) is 31.9 Å². The second-order valence-corrected chi connectivity index (χ2v) is 5.03. The number of nitrogens with zero attached hydrogens (tertiary/aromatic N) is 1. The fourth-order valence-electron chi connectivity index (χ4n) is 2.62. The van der Waals surface area contributed by atoms with E-state index >= 15 is 0 Å². The molecule has 0 aliphatic carbocycles. The van der Waals surface area contributed by atoms with Gasteiger partial charge in [0.15, 0.2) is 0 Å². The molecular formula is C14H24N2O. The number of hydrogen-bond acceptors (Lipinski definition) is 3. The van der Waals surface area contributed by atoms with Gasteiger partial charge < -0.3 is 9.73 Å². The Labute approximate surface area is 104 Å². The summed E-state index contributed by atoms with van der Waals surface area (Å²) in [5, 5.41) is 3.49. The van der Waals surface area contributed by atoms with Crippen molar-refractivity contribution in [1.82, 2.24) is 10.2 Å². The van der Waals surface area contributed by atoms with Gasteiger partial charge >= 0.3 is 0 Å². The van der Waals surface area contributed by atoms with Gasteiger partial charge in [0, 0.05) is 6.54 Å². The first-order valence-electron chi connectivity index (χ1n) is 6.84. The maximum absolute atomic E-state index is 5.44. The van der Waals surface area contributed by atoms with Gasteiger partial charge in [-0.05, 0) is 56.9 Å². The second kappa shape index (κ2) is 6.82. The van der Waals surface area contributed by atoms with Crippen LogP contribution in [0.2, 0.25) is 0 Å². The zero-order chi connectivity index (χ0) is 11.9. The Bertz CT molecular complexity index is 291. The predicted molar refractivity (Wildman–Crippen MR) is 69.9 cm³/mol. The van der Waals surface area contributed by atoms with Crippen molar-refractivity contribution in [2.75, 3.05) is 26.2 Å². The smallest absolute Gasteiger partial charge is 0.117 e. The first kappa shape index (κ1) is 12.7. The zero-order valence-corrected chi connectivity index (χ0v) is 10.8. The number of furan rings is 1. The molecule has 0 spiro atoms. The summed E-state index contributed by atoms with van der Waals surface area (Å²) in [5.41, 5.74) is 0. The molecule has 0 aromatic carbocycles. The van der Waals surface area contributed by atoms with Crippen LogP contribution in [0.5, 0.6) is 0 Å². The third-order valence-corrected chi connectivity index (χ3v) is 3.41. The molecule has 17 heavy (non-hydrogen) atoms. The Hall–Kier alpha value is -0.800. The lowest BCUT2D eigenvalue weighted by Gasteiger charge is -2.29. The molecule has 2 heterocycles. The molecule has 1 N–H and O–H groups in total. The molecule has 0 bridgehead atoms. The van der Waals surface area contributed by atoms with Gasteiger partial charge in [-0.25, -0.2) is 0 Å². The van der Waals surface area contributed by atoms with Crippen molar-refractivity contribution < 1.29 is 4.42 Å². The highest BCUT2D eigenvalue weighted by molar-refractivity contribution is 4.98. The SMILES string of the molecule is CCCN(Cc1ccco1)C[C@H]1CCCNC1. The lowest BCUT2D eigenvalue weighted by Crippen LogP contribution is -2.38. The fourth-order valence-corrected chi connectivity index (χ4v) is 2.62. The van der Waals surface area contributed by atoms with E-state index in [0.29, 0.717) is 0 Å². The Morgan fingerprint density at radius 2 is 2.47 bits per heavy atom. The summed E-state index contributed by atoms with van der Waals surface area (Å²) in [4.78, 5) is 2.52. The molecule has 1 aromatic rings. The van der Waals surface area contributed by atoms with Crippen LogP contribution in [0.4, 0.5) is 0 Å². The third kappa shape index (κ3) is 4.17. The summed E-state index contributed by atoms with van der Waals surface area (Å²) in [6.07, 6.45) is 5.67. The minimum Gasteiger partial charge on any atom is -0.468 e. The summed E-state index contributed by atoms with van der Waals surface area (Å²) < 4.78 is 5.44. The van der Waals surface area contributed by atoms with Crippen molar-refractivity contribution in [3.05, 3.63) is 24.2 Å². The van der Waals surface area contributed by atoms with E-state index in [1.54, 1.807) is 6.26 Å². The van der Waals surface area contributed by atoms with Crippen LogP contribution in [0.3, 0.4) is 0 Å². The van der Waals surface area contributed by atoms with Gasteiger partial charge in [0.1, 0.15) is 5.76 Å². The molecule has 3 heteroatoms. The molecule has 1 fully saturated rings. The molecular weight excluding hydrogens is 212 g/mol. The Kier molecular flexibility index (Phi) is 5.08. The van der Waals surface area contributed by atoms with E-state index in [0.717, 1.165) is 24.8 Å². The van der Waals surface area contributed by atoms with Crippen molar-refractivity contribution >= 4 is 0 Å². The summed E-state index contributed by atoms with van der Waals surface area (Å²) in [7, 11) is 0. The minimum atomic E-state index is 0.810. The average Bonchev–Trinajstić information content (AvgIpc) is 2.83. The molecule has 0 saturated carbocycles. The maximum atomic E-state index is 5.44. The van der Waals surface area contributed by atoms with Crippen LogP contribution in [0.25, 0.3) is 0 Å². The molecule has 96 valence electrons. The lowest BCUT2D eigenvalue weighted by molar-refractivity contribution is 0.189. The van der Waals surface area contributed by atoms with Crippen LogP contribution in [0, 0.1) is 5.92 Å². The minimum absolute atomic E-state index is 0.810. The summed E-state index contributed by atoms with van der Waals surface area (Å²) in [6, 6.07) is 4.05. The van der Waals surface area contributed by atoms with Crippen molar-refractivity contribution in [2.45, 2.75) is 32.7 Å². The standard InChI is InChI=1S/C14H24N2O/c1-2-8-16(12-14-6-4-9-17-14)11-13-5-3-7-15-10-13/h4,6,9,13,15H,2-3,5,7-8,10-12H2,1H3/t13-/m0/s1. The van der Waals surface area contributed by atoms with Gasteiger partial charge in [0.05, 0.1) is 12.8 Å². The summed E-state index contributed by atoms with van der Waals surface area (Å²) >= 11 is 0. The van der Waals surface area contributed by atoms with E-state index in [4.69, 9.17) is 4.42 Å². The molecule has 3 nitrogen and oxygen atoms in total. The number of piperidine rings is 1. The van der Waals surface area contributed by atoms with E-state index in [9.17, 15) is 0 Å². The number of nitrogens with one attached hydrogen (secondary N) is 1. The zero-order valence-electron chi connectivity index (χ0n) is 10.8. The molecule has 1 saturated heterocycles. The monoisotopic (exact) mass is 236 g/mol. The molecule has 0 unspecified atom stereocenters. The molecule has 2 rings (SSSR count). The Morgan fingerprint density at radius 1 is 1.53 bits per heavy atom. The molecule has 1 atom stereocenters. The third-order valence-electron chi connectivity index (χ3n) is 3.41. The van der Waals surface area contributed by atoms with E-state index in [-0.39, 0.29) is 0 Å². The van der Waals surface area contributed by atoms with E-state index in [1.807, 2.05) is 6.07 Å². The highest BCUT2D eigenvalue weighted by Crippen LogP contribution is 2.14. The first-order chi connectivity index (χ1) is 8.38. The fraction of sp³-hybridized carbons (Fsp3) is 0.714. The second-order valence-electron chi connectivity index (χ2n) is 5.03. The van der Waals surface area contributed by atoms with Crippen LogP contribution >= 0.6 is 0 Å². The lowest BCUT2D eigenvalue weighted by atomic mass is 9.99. The van der Waals surface area contributed by atoms with Gasteiger partial charge in [0.25, 0.3) is 0 Å². The normalized spacial score (nSPS) is 20.9. The van der Waals surface area contributed by atoms with Crippen LogP contribution in [-0.2, 0) is 6.54 Å². The average molecular weight is 236 g/mol.